The van der Waals surface area contributed by atoms with Crippen LogP contribution in [-0.4, -0.2) is 0 Å². The van der Waals surface area contributed by atoms with E-state index in [4.69, 9.17) is 0 Å². The molecule has 0 spiro atoms. The lowest BCUT2D eigenvalue weighted by molar-refractivity contribution is 0.197. The lowest BCUT2D eigenvalue weighted by Gasteiger charge is -2.31. The van der Waals surface area contributed by atoms with E-state index in [9.17, 15) is 0 Å². The maximum Gasteiger partial charge on any atom is -0.0365 e. The van der Waals surface area contributed by atoms with Gasteiger partial charge in [-0.15, -0.1) is 0 Å². The Bertz CT molecular complexity index is 171. The fourth-order valence-corrected chi connectivity index (χ4v) is 3.75. The summed E-state index contributed by atoms with van der Waals surface area (Å²) < 4.78 is 0. The first kappa shape index (κ1) is 17.0. The number of hydrogen-bond donors (Lipinski definition) is 0. The third-order valence-electron chi connectivity index (χ3n) is 4.33. The molecule has 0 N–H and O–H groups in total. The number of rotatable bonds is 9. The minimum Gasteiger partial charge on any atom is -0.0654 e. The standard InChI is InChI=1S/C17H36/c1-8-10-15(6)17(9-2)16(7)12-14(5)11-13(3)4/h13-17H,8-12H2,1-7H3. The van der Waals surface area contributed by atoms with Gasteiger partial charge in [0.2, 0.25) is 0 Å². The zero-order valence-corrected chi connectivity index (χ0v) is 13.4. The summed E-state index contributed by atoms with van der Waals surface area (Å²) in [7, 11) is 0. The molecule has 0 aromatic rings. The first-order valence-electron chi connectivity index (χ1n) is 7.92. The van der Waals surface area contributed by atoms with Crippen molar-refractivity contribution in [3.63, 3.8) is 0 Å². The Morgan fingerprint density at radius 3 is 1.76 bits per heavy atom. The van der Waals surface area contributed by atoms with Crippen molar-refractivity contribution < 1.29 is 0 Å². The Morgan fingerprint density at radius 1 is 0.765 bits per heavy atom. The average Bonchev–Trinajstić information content (AvgIpc) is 2.17. The molecule has 0 radical (unpaired) electrons. The molecule has 0 heterocycles. The van der Waals surface area contributed by atoms with E-state index in [1.807, 2.05) is 0 Å². The largest absolute Gasteiger partial charge is 0.0654 e. The van der Waals surface area contributed by atoms with Crippen LogP contribution in [0.3, 0.4) is 0 Å². The number of hydrogen-bond acceptors (Lipinski definition) is 0. The molecule has 0 aromatic heterocycles. The van der Waals surface area contributed by atoms with Gasteiger partial charge >= 0.3 is 0 Å². The Labute approximate surface area is 111 Å². The monoisotopic (exact) mass is 240 g/mol. The molecule has 17 heavy (non-hydrogen) atoms. The molecular weight excluding hydrogens is 204 g/mol. The van der Waals surface area contributed by atoms with Crippen LogP contribution in [0.15, 0.2) is 0 Å². The second-order valence-corrected chi connectivity index (χ2v) is 6.79. The molecule has 0 fully saturated rings. The molecule has 0 saturated heterocycles. The van der Waals surface area contributed by atoms with Crippen molar-refractivity contribution in [3.8, 4) is 0 Å². The van der Waals surface area contributed by atoms with Crippen LogP contribution < -0.4 is 0 Å². The molecule has 0 aromatic carbocycles. The summed E-state index contributed by atoms with van der Waals surface area (Å²) in [6.45, 7) is 16.8. The van der Waals surface area contributed by atoms with E-state index in [2.05, 4.69) is 48.5 Å². The Hall–Kier alpha value is 0. The molecule has 0 bridgehead atoms. The van der Waals surface area contributed by atoms with E-state index in [0.29, 0.717) is 0 Å². The minimum absolute atomic E-state index is 0.852. The van der Waals surface area contributed by atoms with E-state index in [-0.39, 0.29) is 0 Å². The summed E-state index contributed by atoms with van der Waals surface area (Å²) in [5, 5.41) is 0. The molecule has 0 nitrogen and oxygen atoms in total. The summed E-state index contributed by atoms with van der Waals surface area (Å²) in [5.41, 5.74) is 0. The summed E-state index contributed by atoms with van der Waals surface area (Å²) in [6, 6.07) is 0. The van der Waals surface area contributed by atoms with E-state index in [1.54, 1.807) is 0 Å². The maximum atomic E-state index is 2.48. The highest BCUT2D eigenvalue weighted by Gasteiger charge is 2.23. The van der Waals surface area contributed by atoms with Gasteiger partial charge in [0.1, 0.15) is 0 Å². The lowest BCUT2D eigenvalue weighted by Crippen LogP contribution is -2.21. The Kier molecular flexibility index (Phi) is 9.00. The molecule has 0 aliphatic heterocycles. The second kappa shape index (κ2) is 9.00. The van der Waals surface area contributed by atoms with Gasteiger partial charge in [0.05, 0.1) is 0 Å². The van der Waals surface area contributed by atoms with Crippen molar-refractivity contribution in [1.29, 1.82) is 0 Å². The zero-order valence-electron chi connectivity index (χ0n) is 13.4. The third kappa shape index (κ3) is 7.11. The quantitative estimate of drug-likeness (QED) is 0.453. The predicted octanol–water partition coefficient (Wildman–Crippen LogP) is 6.16. The van der Waals surface area contributed by atoms with Crippen LogP contribution >= 0.6 is 0 Å². The summed E-state index contributed by atoms with van der Waals surface area (Å²) in [4.78, 5) is 0. The van der Waals surface area contributed by atoms with Crippen molar-refractivity contribution in [2.45, 2.75) is 80.6 Å². The van der Waals surface area contributed by atoms with Crippen molar-refractivity contribution >= 4 is 0 Å². The van der Waals surface area contributed by atoms with Crippen LogP contribution in [-0.2, 0) is 0 Å². The molecule has 0 rings (SSSR count). The van der Waals surface area contributed by atoms with E-state index in [0.717, 1.165) is 29.6 Å². The van der Waals surface area contributed by atoms with Gasteiger partial charge in [0, 0.05) is 0 Å². The van der Waals surface area contributed by atoms with Crippen LogP contribution in [0.1, 0.15) is 80.6 Å². The van der Waals surface area contributed by atoms with E-state index in [1.165, 1.54) is 32.1 Å². The van der Waals surface area contributed by atoms with Crippen molar-refractivity contribution in [2.75, 3.05) is 0 Å². The third-order valence-corrected chi connectivity index (χ3v) is 4.33. The van der Waals surface area contributed by atoms with Crippen LogP contribution in [0.4, 0.5) is 0 Å². The SMILES string of the molecule is CCCC(C)C(CC)C(C)CC(C)CC(C)C. The highest BCUT2D eigenvalue weighted by atomic mass is 14.3. The summed E-state index contributed by atoms with van der Waals surface area (Å²) >= 11 is 0. The first-order valence-corrected chi connectivity index (χ1v) is 7.92. The Balaban J connectivity index is 4.19. The highest BCUT2D eigenvalue weighted by molar-refractivity contribution is 4.73. The molecule has 0 aliphatic carbocycles. The summed E-state index contributed by atoms with van der Waals surface area (Å²) in [6.07, 6.45) is 6.91. The molecule has 0 aliphatic rings. The van der Waals surface area contributed by atoms with Gasteiger partial charge in [-0.25, -0.2) is 0 Å². The maximum absolute atomic E-state index is 2.48. The Morgan fingerprint density at radius 2 is 1.35 bits per heavy atom. The van der Waals surface area contributed by atoms with Crippen LogP contribution in [0.25, 0.3) is 0 Å². The van der Waals surface area contributed by atoms with Crippen molar-refractivity contribution in [3.05, 3.63) is 0 Å². The fraction of sp³-hybridized carbons (Fsp3) is 1.00. The van der Waals surface area contributed by atoms with E-state index >= 15 is 0 Å². The van der Waals surface area contributed by atoms with Gasteiger partial charge in [-0.3, -0.25) is 0 Å². The van der Waals surface area contributed by atoms with Crippen LogP contribution in [0.5, 0.6) is 0 Å². The zero-order chi connectivity index (χ0) is 13.4. The normalized spacial score (nSPS) is 19.1. The van der Waals surface area contributed by atoms with Gasteiger partial charge in [0.25, 0.3) is 0 Å². The summed E-state index contributed by atoms with van der Waals surface area (Å²) in [5.74, 6) is 4.49. The van der Waals surface area contributed by atoms with Crippen molar-refractivity contribution in [2.24, 2.45) is 29.6 Å². The first-order chi connectivity index (χ1) is 7.92. The van der Waals surface area contributed by atoms with Crippen LogP contribution in [0.2, 0.25) is 0 Å². The molecule has 4 unspecified atom stereocenters. The second-order valence-electron chi connectivity index (χ2n) is 6.79. The molecule has 0 heteroatoms. The average molecular weight is 240 g/mol. The lowest BCUT2D eigenvalue weighted by atomic mass is 9.75. The van der Waals surface area contributed by atoms with Gasteiger partial charge in [-0.2, -0.15) is 0 Å². The van der Waals surface area contributed by atoms with Gasteiger partial charge < -0.3 is 0 Å². The van der Waals surface area contributed by atoms with Gasteiger partial charge in [-0.1, -0.05) is 67.7 Å². The van der Waals surface area contributed by atoms with Gasteiger partial charge in [0.15, 0.2) is 0 Å². The molecule has 4 atom stereocenters. The van der Waals surface area contributed by atoms with Gasteiger partial charge in [-0.05, 0) is 42.4 Å². The molecule has 0 saturated carbocycles. The molecular formula is C17H36. The highest BCUT2D eigenvalue weighted by Crippen LogP contribution is 2.33. The molecule has 104 valence electrons. The van der Waals surface area contributed by atoms with Crippen LogP contribution in [0, 0.1) is 29.6 Å². The van der Waals surface area contributed by atoms with Crippen molar-refractivity contribution in [1.82, 2.24) is 0 Å². The minimum atomic E-state index is 0.852. The smallest absolute Gasteiger partial charge is 0.0365 e. The molecule has 0 amide bonds. The van der Waals surface area contributed by atoms with E-state index < -0.39 is 0 Å². The topological polar surface area (TPSA) is 0 Å². The predicted molar refractivity (Wildman–Crippen MR) is 80.3 cm³/mol. The fourth-order valence-electron chi connectivity index (χ4n) is 3.75.